The maximum absolute atomic E-state index is 3.46. The lowest BCUT2D eigenvalue weighted by Gasteiger charge is -2.26. The van der Waals surface area contributed by atoms with Crippen LogP contribution in [0.4, 0.5) is 0 Å². The van der Waals surface area contributed by atoms with Crippen molar-refractivity contribution >= 4 is 39.5 Å². The van der Waals surface area contributed by atoms with E-state index in [2.05, 4.69) is 57.9 Å². The Kier molecular flexibility index (Phi) is 3.30. The predicted octanol–water partition coefficient (Wildman–Crippen LogP) is 4.96. The van der Waals surface area contributed by atoms with E-state index in [1.165, 1.54) is 5.56 Å². The summed E-state index contributed by atoms with van der Waals surface area (Å²) < 4.78 is 1.37. The van der Waals surface area contributed by atoms with Gasteiger partial charge in [-0.3, -0.25) is 0 Å². The van der Waals surface area contributed by atoms with E-state index in [0.717, 1.165) is 10.9 Å². The van der Waals surface area contributed by atoms with Crippen LogP contribution in [0.1, 0.15) is 18.9 Å². The summed E-state index contributed by atoms with van der Waals surface area (Å²) in [5.41, 5.74) is 1.41. The highest BCUT2D eigenvalue weighted by molar-refractivity contribution is 9.10. The topological polar surface area (TPSA) is 0 Å². The maximum atomic E-state index is 3.46. The minimum absolute atomic E-state index is 0.223. The zero-order valence-electron chi connectivity index (χ0n) is 7.87. The van der Waals surface area contributed by atoms with Crippen molar-refractivity contribution in [2.75, 3.05) is 0 Å². The molecule has 0 atom stereocenters. The van der Waals surface area contributed by atoms with Crippen molar-refractivity contribution in [1.82, 2.24) is 0 Å². The van der Waals surface area contributed by atoms with E-state index in [1.54, 1.807) is 0 Å². The normalized spacial score (nSPS) is 18.7. The van der Waals surface area contributed by atoms with Crippen LogP contribution in [0.3, 0.4) is 0 Å². The number of thioether (sulfide) groups is 2. The van der Waals surface area contributed by atoms with Gasteiger partial charge in [0.1, 0.15) is 0 Å². The van der Waals surface area contributed by atoms with Gasteiger partial charge < -0.3 is 0 Å². The number of benzene rings is 1. The maximum Gasteiger partial charge on any atom is 0.0938 e. The molecular formula is C11H11BrS2. The predicted molar refractivity (Wildman–Crippen MR) is 70.4 cm³/mol. The van der Waals surface area contributed by atoms with Gasteiger partial charge in [-0.05, 0) is 34.9 Å². The Morgan fingerprint density at radius 2 is 1.71 bits per heavy atom. The molecule has 0 saturated heterocycles. The molecule has 0 saturated carbocycles. The van der Waals surface area contributed by atoms with Crippen molar-refractivity contribution in [3.8, 4) is 0 Å². The molecule has 0 amide bonds. The molecule has 0 N–H and O–H groups in total. The van der Waals surface area contributed by atoms with Crippen LogP contribution in [0.25, 0.3) is 0 Å². The van der Waals surface area contributed by atoms with Crippen molar-refractivity contribution in [2.45, 2.75) is 17.4 Å². The second-order valence-electron chi connectivity index (χ2n) is 3.12. The Bertz CT molecular complexity index is 335. The molecular weight excluding hydrogens is 276 g/mol. The van der Waals surface area contributed by atoms with Gasteiger partial charge in [0.25, 0.3) is 0 Å². The molecule has 0 bridgehead atoms. The molecule has 1 aliphatic heterocycles. The Morgan fingerprint density at radius 3 is 2.21 bits per heavy atom. The molecule has 0 unspecified atom stereocenters. The zero-order chi connectivity index (χ0) is 10.0. The number of rotatable bonds is 2. The molecule has 2 rings (SSSR count). The highest BCUT2D eigenvalue weighted by atomic mass is 79.9. The Hall–Kier alpha value is 0.140. The first-order valence-electron chi connectivity index (χ1n) is 4.53. The van der Waals surface area contributed by atoms with Gasteiger partial charge in [0.15, 0.2) is 0 Å². The molecule has 1 heterocycles. The van der Waals surface area contributed by atoms with Gasteiger partial charge in [0.2, 0.25) is 0 Å². The molecule has 14 heavy (non-hydrogen) atoms. The first kappa shape index (κ1) is 10.7. The fraction of sp³-hybridized carbons (Fsp3) is 0.273. The van der Waals surface area contributed by atoms with Crippen molar-refractivity contribution in [1.29, 1.82) is 0 Å². The van der Waals surface area contributed by atoms with Gasteiger partial charge in [0.05, 0.1) is 4.08 Å². The lowest BCUT2D eigenvalue weighted by Crippen LogP contribution is -2.12. The van der Waals surface area contributed by atoms with E-state index >= 15 is 0 Å². The number of hydrogen-bond donors (Lipinski definition) is 0. The molecule has 0 aromatic heterocycles. The fourth-order valence-electron chi connectivity index (χ4n) is 1.51. The van der Waals surface area contributed by atoms with Crippen LogP contribution in [0, 0.1) is 0 Å². The van der Waals surface area contributed by atoms with Crippen molar-refractivity contribution in [3.63, 3.8) is 0 Å². The second-order valence-corrected chi connectivity index (χ2v) is 6.70. The smallest absolute Gasteiger partial charge is 0.0938 e. The number of halogens is 1. The van der Waals surface area contributed by atoms with Crippen LogP contribution in [-0.4, -0.2) is 0 Å². The molecule has 1 aliphatic rings. The summed E-state index contributed by atoms with van der Waals surface area (Å²) >= 11 is 7.30. The summed E-state index contributed by atoms with van der Waals surface area (Å²) in [5.74, 6) is 0. The zero-order valence-corrected chi connectivity index (χ0v) is 11.1. The van der Waals surface area contributed by atoms with Crippen LogP contribution >= 0.6 is 39.5 Å². The van der Waals surface area contributed by atoms with Gasteiger partial charge in [-0.15, -0.1) is 23.5 Å². The lowest BCUT2D eigenvalue weighted by atomic mass is 10.1. The molecule has 1 aromatic carbocycles. The Labute approximate surface area is 102 Å². The minimum Gasteiger partial charge on any atom is -0.111 e. The van der Waals surface area contributed by atoms with Gasteiger partial charge >= 0.3 is 0 Å². The van der Waals surface area contributed by atoms with E-state index in [1.807, 2.05) is 23.5 Å². The molecule has 0 nitrogen and oxygen atoms in total. The largest absolute Gasteiger partial charge is 0.111 e. The van der Waals surface area contributed by atoms with E-state index in [0.29, 0.717) is 0 Å². The molecule has 0 radical (unpaired) electrons. The third-order valence-electron chi connectivity index (χ3n) is 2.32. The van der Waals surface area contributed by atoms with Gasteiger partial charge in [-0.1, -0.05) is 35.0 Å². The highest BCUT2D eigenvalue weighted by Gasteiger charge is 2.32. The van der Waals surface area contributed by atoms with E-state index < -0.39 is 0 Å². The van der Waals surface area contributed by atoms with Gasteiger partial charge in [-0.2, -0.15) is 0 Å². The first-order valence-corrected chi connectivity index (χ1v) is 7.09. The standard InChI is InChI=1S/C11H11BrS2/c1-2-11(13-7-8-14-11)9-3-5-10(12)6-4-9/h3-8H,2H2,1H3. The lowest BCUT2D eigenvalue weighted by molar-refractivity contribution is 0.840. The van der Waals surface area contributed by atoms with Crippen molar-refractivity contribution < 1.29 is 0 Å². The van der Waals surface area contributed by atoms with Crippen LogP contribution in [-0.2, 0) is 4.08 Å². The van der Waals surface area contributed by atoms with Crippen LogP contribution in [0.5, 0.6) is 0 Å². The third-order valence-corrected chi connectivity index (χ3v) is 5.95. The summed E-state index contributed by atoms with van der Waals surface area (Å²) in [4.78, 5) is 0. The SMILES string of the molecule is CCC1(c2ccc(Br)cc2)SC=CS1. The van der Waals surface area contributed by atoms with Gasteiger partial charge in [0, 0.05) is 4.47 Å². The third kappa shape index (κ3) is 1.90. The van der Waals surface area contributed by atoms with Crippen LogP contribution in [0.15, 0.2) is 39.6 Å². The summed E-state index contributed by atoms with van der Waals surface area (Å²) in [5, 5.41) is 4.38. The first-order chi connectivity index (χ1) is 6.77. The van der Waals surface area contributed by atoms with Crippen LogP contribution < -0.4 is 0 Å². The number of hydrogen-bond acceptors (Lipinski definition) is 2. The quantitative estimate of drug-likeness (QED) is 0.753. The van der Waals surface area contributed by atoms with E-state index in [-0.39, 0.29) is 4.08 Å². The molecule has 0 fully saturated rings. The average Bonchev–Trinajstić information content (AvgIpc) is 2.68. The summed E-state index contributed by atoms with van der Waals surface area (Å²) in [6.07, 6.45) is 1.15. The molecule has 1 aromatic rings. The van der Waals surface area contributed by atoms with Crippen molar-refractivity contribution in [3.05, 3.63) is 45.1 Å². The Balaban J connectivity index is 2.32. The molecule has 0 aliphatic carbocycles. The molecule has 74 valence electrons. The summed E-state index contributed by atoms with van der Waals surface area (Å²) in [7, 11) is 0. The second kappa shape index (κ2) is 4.33. The minimum atomic E-state index is 0.223. The monoisotopic (exact) mass is 286 g/mol. The summed E-state index contributed by atoms with van der Waals surface area (Å²) in [6.45, 7) is 2.25. The van der Waals surface area contributed by atoms with E-state index in [4.69, 9.17) is 0 Å². The summed E-state index contributed by atoms with van der Waals surface area (Å²) in [6, 6.07) is 8.65. The fourth-order valence-corrected chi connectivity index (χ4v) is 4.10. The average molecular weight is 287 g/mol. The Morgan fingerprint density at radius 1 is 1.14 bits per heavy atom. The molecule has 0 spiro atoms. The van der Waals surface area contributed by atoms with Gasteiger partial charge in [-0.25, -0.2) is 0 Å². The van der Waals surface area contributed by atoms with Crippen LogP contribution in [0.2, 0.25) is 0 Å². The molecule has 3 heteroatoms. The van der Waals surface area contributed by atoms with Crippen molar-refractivity contribution in [2.24, 2.45) is 0 Å². The highest BCUT2D eigenvalue weighted by Crippen LogP contribution is 2.54. The van der Waals surface area contributed by atoms with E-state index in [9.17, 15) is 0 Å².